The van der Waals surface area contributed by atoms with Crippen LogP contribution in [0.2, 0.25) is 0 Å². The van der Waals surface area contributed by atoms with Crippen LogP contribution in [0, 0.1) is 6.92 Å². The summed E-state index contributed by atoms with van der Waals surface area (Å²) in [6.07, 6.45) is 0.847. The first-order chi connectivity index (χ1) is 8.63. The minimum Gasteiger partial charge on any atom is -0.383 e. The van der Waals surface area contributed by atoms with Crippen molar-refractivity contribution in [3.63, 3.8) is 0 Å². The van der Waals surface area contributed by atoms with Crippen molar-refractivity contribution < 1.29 is 9.53 Å². The number of carbonyl (C=O) groups excluding carboxylic acids is 1. The van der Waals surface area contributed by atoms with Gasteiger partial charge in [0.1, 0.15) is 0 Å². The van der Waals surface area contributed by atoms with Crippen molar-refractivity contribution in [3.05, 3.63) is 16.1 Å². The van der Waals surface area contributed by atoms with Gasteiger partial charge in [-0.25, -0.2) is 4.98 Å². The first-order valence-corrected chi connectivity index (χ1v) is 6.92. The summed E-state index contributed by atoms with van der Waals surface area (Å²) in [5.41, 5.74) is 1.08. The van der Waals surface area contributed by atoms with Crippen molar-refractivity contribution in [2.45, 2.75) is 26.3 Å². The summed E-state index contributed by atoms with van der Waals surface area (Å²) in [5.74, 6) is 0.00140. The standard InChI is InChI=1S/C12H21N3O2S/c1-9(12(16)14-6-7-17-3)13-5-4-11-8-18-10(2)15-11/h8-9,13H,4-7H2,1-3H3,(H,14,16). The van der Waals surface area contributed by atoms with Crippen LogP contribution in [0.3, 0.4) is 0 Å². The highest BCUT2D eigenvalue weighted by molar-refractivity contribution is 7.09. The van der Waals surface area contributed by atoms with E-state index in [4.69, 9.17) is 4.74 Å². The van der Waals surface area contributed by atoms with Crippen LogP contribution in [0.5, 0.6) is 0 Å². The van der Waals surface area contributed by atoms with Crippen molar-refractivity contribution in [3.8, 4) is 0 Å². The van der Waals surface area contributed by atoms with Crippen molar-refractivity contribution in [2.75, 3.05) is 26.8 Å². The highest BCUT2D eigenvalue weighted by atomic mass is 32.1. The molecule has 1 rings (SSSR count). The maximum absolute atomic E-state index is 11.6. The second-order valence-electron chi connectivity index (χ2n) is 4.07. The molecule has 1 heterocycles. The molecule has 1 aromatic heterocycles. The normalized spacial score (nSPS) is 12.4. The summed E-state index contributed by atoms with van der Waals surface area (Å²) >= 11 is 1.65. The predicted molar refractivity (Wildman–Crippen MR) is 72.9 cm³/mol. The second kappa shape index (κ2) is 8.18. The summed E-state index contributed by atoms with van der Waals surface area (Å²) in [6, 6.07) is -0.193. The summed E-state index contributed by atoms with van der Waals surface area (Å²) in [7, 11) is 1.61. The number of hydrogen-bond donors (Lipinski definition) is 2. The van der Waals surface area contributed by atoms with Gasteiger partial charge in [0.15, 0.2) is 0 Å². The van der Waals surface area contributed by atoms with Gasteiger partial charge in [-0.1, -0.05) is 0 Å². The molecule has 0 radical (unpaired) electrons. The number of carbonyl (C=O) groups is 1. The Morgan fingerprint density at radius 1 is 1.56 bits per heavy atom. The van der Waals surface area contributed by atoms with Gasteiger partial charge in [-0.3, -0.25) is 4.79 Å². The number of aromatic nitrogens is 1. The van der Waals surface area contributed by atoms with E-state index in [-0.39, 0.29) is 11.9 Å². The molecule has 2 N–H and O–H groups in total. The molecule has 0 fully saturated rings. The van der Waals surface area contributed by atoms with Crippen molar-refractivity contribution >= 4 is 17.2 Å². The smallest absolute Gasteiger partial charge is 0.236 e. The van der Waals surface area contributed by atoms with Crippen molar-refractivity contribution in [1.82, 2.24) is 15.6 Å². The van der Waals surface area contributed by atoms with Crippen LogP contribution in [0.1, 0.15) is 17.6 Å². The molecule has 1 amide bonds. The van der Waals surface area contributed by atoms with Gasteiger partial charge in [0.2, 0.25) is 5.91 Å². The van der Waals surface area contributed by atoms with E-state index in [1.807, 2.05) is 13.8 Å². The molecule has 0 bridgehead atoms. The topological polar surface area (TPSA) is 63.2 Å². The summed E-state index contributed by atoms with van der Waals surface area (Å²) < 4.78 is 4.87. The molecule has 0 aromatic carbocycles. The van der Waals surface area contributed by atoms with E-state index < -0.39 is 0 Å². The van der Waals surface area contributed by atoms with Crippen molar-refractivity contribution in [2.24, 2.45) is 0 Å². The van der Waals surface area contributed by atoms with Crippen LogP contribution >= 0.6 is 11.3 Å². The fraction of sp³-hybridized carbons (Fsp3) is 0.667. The number of amides is 1. The largest absolute Gasteiger partial charge is 0.383 e. The van der Waals surface area contributed by atoms with Gasteiger partial charge in [-0.2, -0.15) is 0 Å². The first kappa shape index (κ1) is 15.1. The maximum atomic E-state index is 11.6. The van der Waals surface area contributed by atoms with Crippen LogP contribution in [-0.4, -0.2) is 43.7 Å². The number of nitrogens with one attached hydrogen (secondary N) is 2. The van der Waals surface area contributed by atoms with Crippen LogP contribution in [0.15, 0.2) is 5.38 Å². The minimum absolute atomic E-state index is 0.00140. The average molecular weight is 271 g/mol. The van der Waals surface area contributed by atoms with E-state index in [0.717, 1.165) is 23.7 Å². The van der Waals surface area contributed by atoms with E-state index in [2.05, 4.69) is 21.0 Å². The lowest BCUT2D eigenvalue weighted by Gasteiger charge is -2.13. The lowest BCUT2D eigenvalue weighted by Crippen LogP contribution is -2.43. The molecule has 5 nitrogen and oxygen atoms in total. The molecule has 0 aliphatic heterocycles. The fourth-order valence-electron chi connectivity index (χ4n) is 1.46. The molecule has 6 heteroatoms. The van der Waals surface area contributed by atoms with Gasteiger partial charge in [0.25, 0.3) is 0 Å². The first-order valence-electron chi connectivity index (χ1n) is 6.04. The highest BCUT2D eigenvalue weighted by Gasteiger charge is 2.11. The number of nitrogens with zero attached hydrogens (tertiary/aromatic N) is 1. The number of hydrogen-bond acceptors (Lipinski definition) is 5. The SMILES string of the molecule is COCCNC(=O)C(C)NCCc1csc(C)n1. The summed E-state index contributed by atoms with van der Waals surface area (Å²) in [4.78, 5) is 16.0. The molecular weight excluding hydrogens is 250 g/mol. The zero-order chi connectivity index (χ0) is 13.4. The van der Waals surface area contributed by atoms with E-state index >= 15 is 0 Å². The Morgan fingerprint density at radius 2 is 2.33 bits per heavy atom. The number of methoxy groups -OCH3 is 1. The van der Waals surface area contributed by atoms with E-state index in [9.17, 15) is 4.79 Å². The van der Waals surface area contributed by atoms with Gasteiger partial charge in [-0.15, -0.1) is 11.3 Å². The van der Waals surface area contributed by atoms with Crippen molar-refractivity contribution in [1.29, 1.82) is 0 Å². The fourth-order valence-corrected chi connectivity index (χ4v) is 2.11. The predicted octanol–water partition coefficient (Wildman–Crippen LogP) is 0.735. The monoisotopic (exact) mass is 271 g/mol. The third-order valence-electron chi connectivity index (χ3n) is 2.50. The Labute approximate surface area is 112 Å². The molecule has 0 spiro atoms. The molecule has 1 unspecified atom stereocenters. The number of thiazole rings is 1. The molecule has 18 heavy (non-hydrogen) atoms. The minimum atomic E-state index is -0.193. The molecule has 0 aliphatic rings. The third kappa shape index (κ3) is 5.57. The zero-order valence-corrected chi connectivity index (χ0v) is 12.0. The Kier molecular flexibility index (Phi) is 6.85. The summed E-state index contributed by atoms with van der Waals surface area (Å²) in [6.45, 7) is 5.69. The lowest BCUT2D eigenvalue weighted by atomic mass is 10.2. The molecule has 1 atom stereocenters. The summed E-state index contributed by atoms with van der Waals surface area (Å²) in [5, 5.41) is 9.11. The number of aryl methyl sites for hydroxylation is 1. The van der Waals surface area contributed by atoms with Crippen LogP contribution in [0.25, 0.3) is 0 Å². The number of rotatable bonds is 8. The Bertz CT molecular complexity index is 368. The zero-order valence-electron chi connectivity index (χ0n) is 11.2. The quantitative estimate of drug-likeness (QED) is 0.684. The van der Waals surface area contributed by atoms with Gasteiger partial charge in [0.05, 0.1) is 23.4 Å². The van der Waals surface area contributed by atoms with Crippen LogP contribution in [-0.2, 0) is 16.0 Å². The molecule has 1 aromatic rings. The maximum Gasteiger partial charge on any atom is 0.236 e. The third-order valence-corrected chi connectivity index (χ3v) is 3.32. The second-order valence-corrected chi connectivity index (χ2v) is 5.13. The number of ether oxygens (including phenoxy) is 1. The molecule has 0 saturated carbocycles. The Hall–Kier alpha value is -0.980. The highest BCUT2D eigenvalue weighted by Crippen LogP contribution is 2.07. The van der Waals surface area contributed by atoms with E-state index in [0.29, 0.717) is 13.2 Å². The Morgan fingerprint density at radius 3 is 2.94 bits per heavy atom. The van der Waals surface area contributed by atoms with Gasteiger partial charge < -0.3 is 15.4 Å². The molecule has 102 valence electrons. The van der Waals surface area contributed by atoms with E-state index in [1.165, 1.54) is 0 Å². The van der Waals surface area contributed by atoms with Gasteiger partial charge in [-0.05, 0) is 13.8 Å². The van der Waals surface area contributed by atoms with Gasteiger partial charge in [0, 0.05) is 32.0 Å². The van der Waals surface area contributed by atoms with E-state index in [1.54, 1.807) is 18.4 Å². The van der Waals surface area contributed by atoms with Gasteiger partial charge >= 0.3 is 0 Å². The molecular formula is C12H21N3O2S. The average Bonchev–Trinajstić information content (AvgIpc) is 2.75. The molecule has 0 saturated heterocycles. The van der Waals surface area contributed by atoms with Crippen LogP contribution in [0.4, 0.5) is 0 Å². The van der Waals surface area contributed by atoms with Crippen LogP contribution < -0.4 is 10.6 Å². The Balaban J connectivity index is 2.16. The lowest BCUT2D eigenvalue weighted by molar-refractivity contribution is -0.122. The molecule has 0 aliphatic carbocycles.